The lowest BCUT2D eigenvalue weighted by atomic mass is 10.1. The Hall–Kier alpha value is -3.72. The Balaban J connectivity index is 2.06. The summed E-state index contributed by atoms with van der Waals surface area (Å²) in [5.74, 6) is -1.41. The molecule has 0 aromatic heterocycles. The van der Waals surface area contributed by atoms with Crippen molar-refractivity contribution in [2.45, 2.75) is 45.2 Å². The number of halogens is 1. The summed E-state index contributed by atoms with van der Waals surface area (Å²) >= 11 is 0. The van der Waals surface area contributed by atoms with Crippen molar-refractivity contribution < 1.29 is 22.4 Å². The molecule has 0 aliphatic carbocycles. The van der Waals surface area contributed by atoms with Crippen LogP contribution in [-0.2, 0) is 26.2 Å². The number of nitrogens with zero attached hydrogens (tertiary/aromatic N) is 2. The van der Waals surface area contributed by atoms with Crippen LogP contribution in [0, 0.1) is 26.6 Å². The fourth-order valence-corrected chi connectivity index (χ4v) is 5.49. The predicted octanol–water partition coefficient (Wildman–Crippen LogP) is 4.11. The lowest BCUT2D eigenvalue weighted by Crippen LogP contribution is -2.50. The maximum absolute atomic E-state index is 13.8. The number of hydrogen-bond donors (Lipinski definition) is 1. The van der Waals surface area contributed by atoms with Crippen molar-refractivity contribution in [1.82, 2.24) is 10.2 Å². The molecule has 0 bridgehead atoms. The van der Waals surface area contributed by atoms with Crippen LogP contribution in [0.2, 0.25) is 0 Å². The highest BCUT2D eigenvalue weighted by Gasteiger charge is 2.32. The van der Waals surface area contributed by atoms with Crippen LogP contribution in [0.25, 0.3) is 0 Å². The Morgan fingerprint density at radius 2 is 1.51 bits per heavy atom. The molecule has 0 fully saturated rings. The van der Waals surface area contributed by atoms with Crippen LogP contribution in [0.5, 0.6) is 0 Å². The van der Waals surface area contributed by atoms with Crippen molar-refractivity contribution >= 4 is 27.5 Å². The first kappa shape index (κ1) is 27.9. The van der Waals surface area contributed by atoms with Crippen LogP contribution >= 0.6 is 0 Å². The molecule has 0 spiro atoms. The lowest BCUT2D eigenvalue weighted by molar-refractivity contribution is -0.139. The summed E-state index contributed by atoms with van der Waals surface area (Å²) in [4.78, 5) is 27.6. The van der Waals surface area contributed by atoms with E-state index in [4.69, 9.17) is 0 Å². The number of aryl methyl sites for hydroxylation is 3. The van der Waals surface area contributed by atoms with E-state index in [9.17, 15) is 22.4 Å². The quantitative estimate of drug-likeness (QED) is 0.456. The fourth-order valence-electron chi connectivity index (χ4n) is 4.01. The van der Waals surface area contributed by atoms with Gasteiger partial charge in [-0.2, -0.15) is 0 Å². The summed E-state index contributed by atoms with van der Waals surface area (Å²) in [6, 6.07) is 16.4. The highest BCUT2D eigenvalue weighted by atomic mass is 32.2. The summed E-state index contributed by atoms with van der Waals surface area (Å²) in [7, 11) is -2.67. The minimum Gasteiger partial charge on any atom is -0.357 e. The molecule has 0 heterocycles. The summed E-state index contributed by atoms with van der Waals surface area (Å²) in [5, 5.41) is 2.53. The molecule has 3 aromatic rings. The number of rotatable bonds is 9. The minimum absolute atomic E-state index is 0.000993. The van der Waals surface area contributed by atoms with E-state index < -0.39 is 40.2 Å². The molecular formula is C28H32FN3O4S. The second-order valence-electron chi connectivity index (χ2n) is 9.05. The van der Waals surface area contributed by atoms with Crippen LogP contribution in [0.15, 0.2) is 71.6 Å². The average molecular weight is 526 g/mol. The first-order chi connectivity index (χ1) is 17.4. The number of benzene rings is 3. The van der Waals surface area contributed by atoms with Gasteiger partial charge >= 0.3 is 0 Å². The average Bonchev–Trinajstić information content (AvgIpc) is 2.86. The molecule has 7 nitrogen and oxygen atoms in total. The summed E-state index contributed by atoms with van der Waals surface area (Å²) < 4.78 is 42.2. The molecule has 3 aromatic carbocycles. The predicted molar refractivity (Wildman–Crippen MR) is 142 cm³/mol. The zero-order valence-electron chi connectivity index (χ0n) is 21.7. The molecule has 1 atom stereocenters. The third-order valence-electron chi connectivity index (χ3n) is 6.19. The molecule has 196 valence electrons. The first-order valence-corrected chi connectivity index (χ1v) is 13.3. The SMILES string of the molecule is CNC(=O)C(C)N(Cc1ccc(F)cc1)C(=O)CN(c1ccc(C)cc1C)S(=O)(=O)c1ccc(C)cc1. The molecule has 1 N–H and O–H groups in total. The van der Waals surface area contributed by atoms with Gasteiger partial charge in [-0.05, 0) is 69.2 Å². The van der Waals surface area contributed by atoms with E-state index in [-0.39, 0.29) is 11.4 Å². The Morgan fingerprint density at radius 3 is 2.08 bits per heavy atom. The zero-order chi connectivity index (χ0) is 27.3. The molecule has 3 rings (SSSR count). The van der Waals surface area contributed by atoms with Crippen LogP contribution in [0.4, 0.5) is 10.1 Å². The van der Waals surface area contributed by atoms with Crippen LogP contribution in [0.1, 0.15) is 29.2 Å². The van der Waals surface area contributed by atoms with Crippen LogP contribution in [-0.4, -0.2) is 44.8 Å². The summed E-state index contributed by atoms with van der Waals surface area (Å²) in [5.41, 5.74) is 3.51. The van der Waals surface area contributed by atoms with Crippen molar-refractivity contribution in [2.24, 2.45) is 0 Å². The highest BCUT2D eigenvalue weighted by molar-refractivity contribution is 7.92. The smallest absolute Gasteiger partial charge is 0.264 e. The van der Waals surface area contributed by atoms with Crippen LogP contribution in [0.3, 0.4) is 0 Å². The van der Waals surface area contributed by atoms with Crippen molar-refractivity contribution in [3.8, 4) is 0 Å². The minimum atomic E-state index is -4.13. The van der Waals surface area contributed by atoms with Gasteiger partial charge in [-0.25, -0.2) is 12.8 Å². The molecule has 0 saturated heterocycles. The topological polar surface area (TPSA) is 86.8 Å². The summed E-state index contributed by atoms with van der Waals surface area (Å²) in [6.45, 7) is 6.58. The molecule has 9 heteroatoms. The maximum atomic E-state index is 13.8. The second kappa shape index (κ2) is 11.6. The Kier molecular flexibility index (Phi) is 8.70. The largest absolute Gasteiger partial charge is 0.357 e. The van der Waals surface area contributed by atoms with E-state index in [1.54, 1.807) is 38.1 Å². The normalized spacial score (nSPS) is 12.1. The van der Waals surface area contributed by atoms with Gasteiger partial charge in [0.15, 0.2) is 0 Å². The monoisotopic (exact) mass is 525 g/mol. The standard InChI is InChI=1S/C28H32FN3O4S/c1-19-6-13-25(14-7-19)37(35,36)32(26-15-8-20(2)16-21(26)3)18-27(33)31(22(4)28(34)30-5)17-23-9-11-24(29)12-10-23/h6-16,22H,17-18H2,1-5H3,(H,30,34). The van der Waals surface area contributed by atoms with Crippen molar-refractivity contribution in [2.75, 3.05) is 17.9 Å². The van der Waals surface area contributed by atoms with Crippen LogP contribution < -0.4 is 9.62 Å². The number of carbonyl (C=O) groups excluding carboxylic acids is 2. The van der Waals surface area contributed by atoms with E-state index in [0.29, 0.717) is 16.8 Å². The van der Waals surface area contributed by atoms with Gasteiger partial charge < -0.3 is 10.2 Å². The first-order valence-electron chi connectivity index (χ1n) is 11.9. The number of sulfonamides is 1. The fraction of sp³-hybridized carbons (Fsp3) is 0.286. The Morgan fingerprint density at radius 1 is 0.919 bits per heavy atom. The number of nitrogens with one attached hydrogen (secondary N) is 1. The molecule has 0 aliphatic heterocycles. The van der Waals surface area contributed by atoms with Crippen molar-refractivity contribution in [3.63, 3.8) is 0 Å². The van der Waals surface area contributed by atoms with E-state index in [1.165, 1.54) is 48.3 Å². The number of amides is 2. The van der Waals surface area contributed by atoms with Gasteiger partial charge in [0.1, 0.15) is 18.4 Å². The number of hydrogen-bond acceptors (Lipinski definition) is 4. The van der Waals surface area contributed by atoms with Gasteiger partial charge in [-0.15, -0.1) is 0 Å². The third kappa shape index (κ3) is 6.54. The van der Waals surface area contributed by atoms with Gasteiger partial charge in [0.2, 0.25) is 11.8 Å². The number of anilines is 1. The summed E-state index contributed by atoms with van der Waals surface area (Å²) in [6.07, 6.45) is 0. The van der Waals surface area contributed by atoms with Gasteiger partial charge in [0.25, 0.3) is 10.0 Å². The number of carbonyl (C=O) groups is 2. The molecule has 0 saturated carbocycles. The molecule has 37 heavy (non-hydrogen) atoms. The zero-order valence-corrected chi connectivity index (χ0v) is 22.5. The van der Waals surface area contributed by atoms with E-state index in [0.717, 1.165) is 15.4 Å². The second-order valence-corrected chi connectivity index (χ2v) is 10.9. The third-order valence-corrected chi connectivity index (χ3v) is 7.96. The molecule has 0 radical (unpaired) electrons. The van der Waals surface area contributed by atoms with E-state index >= 15 is 0 Å². The van der Waals surface area contributed by atoms with Gasteiger partial charge in [-0.3, -0.25) is 13.9 Å². The lowest BCUT2D eigenvalue weighted by Gasteiger charge is -2.32. The van der Waals surface area contributed by atoms with Crippen molar-refractivity contribution in [3.05, 3.63) is 94.8 Å². The Labute approximate surface area is 218 Å². The Bertz CT molecular complexity index is 1370. The van der Waals surface area contributed by atoms with Crippen molar-refractivity contribution in [1.29, 1.82) is 0 Å². The molecule has 1 unspecified atom stereocenters. The maximum Gasteiger partial charge on any atom is 0.264 e. The number of likely N-dealkylation sites (N-methyl/N-ethyl adjacent to an activating group) is 1. The molecule has 2 amide bonds. The molecular weight excluding hydrogens is 493 g/mol. The highest BCUT2D eigenvalue weighted by Crippen LogP contribution is 2.28. The van der Waals surface area contributed by atoms with Gasteiger partial charge in [0.05, 0.1) is 10.6 Å². The van der Waals surface area contributed by atoms with E-state index in [1.807, 2.05) is 19.9 Å². The van der Waals surface area contributed by atoms with Gasteiger partial charge in [0, 0.05) is 13.6 Å². The van der Waals surface area contributed by atoms with Gasteiger partial charge in [-0.1, -0.05) is 47.5 Å². The van der Waals surface area contributed by atoms with E-state index in [2.05, 4.69) is 5.32 Å². The molecule has 0 aliphatic rings.